The van der Waals surface area contributed by atoms with E-state index >= 15 is 0 Å². The highest BCUT2D eigenvalue weighted by Crippen LogP contribution is 2.30. The van der Waals surface area contributed by atoms with E-state index < -0.39 is 5.97 Å². The number of rotatable bonds is 5. The third-order valence-electron chi connectivity index (χ3n) is 4.40. The normalized spacial score (nSPS) is 20.7. The van der Waals surface area contributed by atoms with Crippen LogP contribution < -0.4 is 0 Å². The molecule has 24 heavy (non-hydrogen) atoms. The van der Waals surface area contributed by atoms with E-state index in [4.69, 9.17) is 21.4 Å². The fourth-order valence-corrected chi connectivity index (χ4v) is 4.32. The summed E-state index contributed by atoms with van der Waals surface area (Å²) < 4.78 is 6.41. The second-order valence-electron chi connectivity index (χ2n) is 5.97. The van der Waals surface area contributed by atoms with E-state index in [1.807, 2.05) is 23.6 Å². The molecule has 3 rings (SSSR count). The van der Waals surface area contributed by atoms with Gasteiger partial charge in [0.2, 0.25) is 5.91 Å². The molecule has 128 valence electrons. The van der Waals surface area contributed by atoms with Crippen LogP contribution in [-0.4, -0.2) is 47.7 Å². The summed E-state index contributed by atoms with van der Waals surface area (Å²) >= 11 is 7.63. The van der Waals surface area contributed by atoms with Crippen molar-refractivity contribution in [3.63, 3.8) is 0 Å². The van der Waals surface area contributed by atoms with Crippen molar-refractivity contribution in [1.29, 1.82) is 0 Å². The number of carbonyl (C=O) groups excluding carboxylic acids is 1. The van der Waals surface area contributed by atoms with Crippen molar-refractivity contribution in [2.45, 2.75) is 31.4 Å². The third-order valence-corrected chi connectivity index (χ3v) is 5.64. The van der Waals surface area contributed by atoms with Crippen LogP contribution in [0.2, 0.25) is 5.02 Å². The lowest BCUT2D eigenvalue weighted by Crippen LogP contribution is -2.38. The average Bonchev–Trinajstić information content (AvgIpc) is 3.11. The Morgan fingerprint density at radius 2 is 2.25 bits per heavy atom. The molecule has 1 N–H and O–H groups in total. The number of benzene rings is 1. The minimum Gasteiger partial charge on any atom is -0.481 e. The van der Waals surface area contributed by atoms with Gasteiger partial charge in [0.25, 0.3) is 0 Å². The van der Waals surface area contributed by atoms with Crippen LogP contribution in [0.1, 0.15) is 18.4 Å². The van der Waals surface area contributed by atoms with Crippen LogP contribution in [0.3, 0.4) is 0 Å². The van der Waals surface area contributed by atoms with Gasteiger partial charge in [-0.3, -0.25) is 9.59 Å². The number of halogens is 1. The topological polar surface area (TPSA) is 66.8 Å². The summed E-state index contributed by atoms with van der Waals surface area (Å²) in [5.74, 6) is -0.970. The Labute approximate surface area is 148 Å². The fraction of sp³-hybridized carbons (Fsp3) is 0.412. The second kappa shape index (κ2) is 7.09. The summed E-state index contributed by atoms with van der Waals surface area (Å²) in [6.07, 6.45) is 0.645. The molecule has 0 aliphatic carbocycles. The van der Waals surface area contributed by atoms with Crippen LogP contribution in [0.15, 0.2) is 23.6 Å². The molecule has 1 amide bonds. The third kappa shape index (κ3) is 3.55. The Hall–Kier alpha value is -1.63. The molecule has 1 saturated heterocycles. The predicted molar refractivity (Wildman–Crippen MR) is 93.7 cm³/mol. The zero-order valence-corrected chi connectivity index (χ0v) is 14.8. The molecule has 1 aliphatic rings. The quantitative estimate of drug-likeness (QED) is 0.881. The number of hydrogen-bond acceptors (Lipinski definition) is 4. The number of hydrogen-bond donors (Lipinski definition) is 1. The van der Waals surface area contributed by atoms with Gasteiger partial charge in [-0.1, -0.05) is 11.6 Å². The molecule has 1 fully saturated rings. The minimum absolute atomic E-state index is 0.0538. The Kier molecular flexibility index (Phi) is 5.08. The van der Waals surface area contributed by atoms with E-state index in [1.165, 1.54) is 0 Å². The van der Waals surface area contributed by atoms with Gasteiger partial charge in [0.1, 0.15) is 0 Å². The van der Waals surface area contributed by atoms with E-state index in [1.54, 1.807) is 23.3 Å². The van der Waals surface area contributed by atoms with Gasteiger partial charge in [-0.2, -0.15) is 0 Å². The number of ether oxygens (including phenoxy) is 1. The van der Waals surface area contributed by atoms with Gasteiger partial charge in [-0.05, 0) is 40.9 Å². The standard InChI is InChI=1S/C17H18ClNO4S/c1-23-13-6-12(7-17(21)22)19(8-13)16(20)4-10-9-24-15-3-2-11(18)5-14(10)15/h2-3,5,9,12-13H,4,6-8H2,1H3,(H,21,22). The van der Waals surface area contributed by atoms with Crippen molar-refractivity contribution in [2.24, 2.45) is 0 Å². The number of carboxylic acid groups (broad SMARTS) is 1. The Bertz CT molecular complexity index is 775. The molecule has 0 saturated carbocycles. The van der Waals surface area contributed by atoms with E-state index in [9.17, 15) is 9.59 Å². The van der Waals surface area contributed by atoms with Gasteiger partial charge >= 0.3 is 5.97 Å². The highest BCUT2D eigenvalue weighted by Gasteiger charge is 2.36. The van der Waals surface area contributed by atoms with E-state index in [-0.39, 0.29) is 30.9 Å². The maximum absolute atomic E-state index is 12.7. The Morgan fingerprint density at radius 1 is 1.46 bits per heavy atom. The summed E-state index contributed by atoms with van der Waals surface area (Å²) in [4.78, 5) is 25.4. The van der Waals surface area contributed by atoms with Crippen molar-refractivity contribution in [3.05, 3.63) is 34.2 Å². The zero-order chi connectivity index (χ0) is 17.3. The molecule has 0 radical (unpaired) electrons. The molecule has 1 aromatic carbocycles. The number of thiophene rings is 1. The minimum atomic E-state index is -0.901. The van der Waals surface area contributed by atoms with E-state index in [2.05, 4.69) is 0 Å². The molecule has 2 heterocycles. The van der Waals surface area contributed by atoms with Crippen molar-refractivity contribution in [3.8, 4) is 0 Å². The van der Waals surface area contributed by atoms with Crippen molar-refractivity contribution < 1.29 is 19.4 Å². The van der Waals surface area contributed by atoms with E-state index in [0.29, 0.717) is 18.0 Å². The number of carboxylic acids is 1. The highest BCUT2D eigenvalue weighted by molar-refractivity contribution is 7.17. The van der Waals surface area contributed by atoms with Crippen molar-refractivity contribution in [1.82, 2.24) is 4.90 Å². The number of methoxy groups -OCH3 is 1. The van der Waals surface area contributed by atoms with Crippen molar-refractivity contribution in [2.75, 3.05) is 13.7 Å². The smallest absolute Gasteiger partial charge is 0.305 e. The average molecular weight is 368 g/mol. The van der Waals surface area contributed by atoms with Crippen LogP contribution in [0.5, 0.6) is 0 Å². The van der Waals surface area contributed by atoms with Gasteiger partial charge in [0.15, 0.2) is 0 Å². The lowest BCUT2D eigenvalue weighted by molar-refractivity contribution is -0.139. The number of likely N-dealkylation sites (tertiary alicyclic amines) is 1. The van der Waals surface area contributed by atoms with Crippen LogP contribution in [0.25, 0.3) is 10.1 Å². The first-order chi connectivity index (χ1) is 11.5. The lowest BCUT2D eigenvalue weighted by Gasteiger charge is -2.23. The largest absolute Gasteiger partial charge is 0.481 e. The van der Waals surface area contributed by atoms with Crippen LogP contribution in [0.4, 0.5) is 0 Å². The predicted octanol–water partition coefficient (Wildman–Crippen LogP) is 3.19. The van der Waals surface area contributed by atoms with Gasteiger partial charge in [0, 0.05) is 29.4 Å². The molecule has 2 atom stereocenters. The second-order valence-corrected chi connectivity index (χ2v) is 7.32. The summed E-state index contributed by atoms with van der Waals surface area (Å²) in [5.41, 5.74) is 0.928. The van der Waals surface area contributed by atoms with Gasteiger partial charge in [-0.15, -0.1) is 11.3 Å². The van der Waals surface area contributed by atoms with Crippen LogP contribution in [0, 0.1) is 0 Å². The number of carbonyl (C=O) groups is 2. The summed E-state index contributed by atoms with van der Waals surface area (Å²) in [7, 11) is 1.59. The van der Waals surface area contributed by atoms with Gasteiger partial charge in [-0.25, -0.2) is 0 Å². The van der Waals surface area contributed by atoms with E-state index in [0.717, 1.165) is 15.6 Å². The first-order valence-electron chi connectivity index (χ1n) is 7.67. The number of amides is 1. The molecule has 0 spiro atoms. The molecule has 2 aromatic rings. The molecule has 5 nitrogen and oxygen atoms in total. The maximum Gasteiger partial charge on any atom is 0.305 e. The first kappa shape index (κ1) is 17.2. The van der Waals surface area contributed by atoms with Crippen molar-refractivity contribution >= 4 is 44.9 Å². The molecule has 0 bridgehead atoms. The molecule has 7 heteroatoms. The molecular weight excluding hydrogens is 350 g/mol. The lowest BCUT2D eigenvalue weighted by atomic mass is 10.1. The molecule has 1 aromatic heterocycles. The Balaban J connectivity index is 1.79. The molecule has 1 aliphatic heterocycles. The monoisotopic (exact) mass is 367 g/mol. The maximum atomic E-state index is 12.7. The summed E-state index contributed by atoms with van der Waals surface area (Å²) in [6, 6.07) is 5.33. The molecule has 2 unspecified atom stereocenters. The fourth-order valence-electron chi connectivity index (χ4n) is 3.20. The number of nitrogens with zero attached hydrogens (tertiary/aromatic N) is 1. The number of aliphatic carboxylic acids is 1. The molecular formula is C17H18ClNO4S. The number of fused-ring (bicyclic) bond motifs is 1. The SMILES string of the molecule is COC1CC(CC(=O)O)N(C(=O)Cc2csc3ccc(Cl)cc23)C1. The zero-order valence-electron chi connectivity index (χ0n) is 13.2. The highest BCUT2D eigenvalue weighted by atomic mass is 35.5. The summed E-state index contributed by atoms with van der Waals surface area (Å²) in [6.45, 7) is 0.441. The Morgan fingerprint density at radius 3 is 2.96 bits per heavy atom. The van der Waals surface area contributed by atoms with Gasteiger partial charge in [0.05, 0.1) is 18.9 Å². The van der Waals surface area contributed by atoms with Gasteiger partial charge < -0.3 is 14.7 Å². The van der Waals surface area contributed by atoms with Crippen LogP contribution >= 0.6 is 22.9 Å². The van der Waals surface area contributed by atoms with Crippen LogP contribution in [-0.2, 0) is 20.7 Å². The first-order valence-corrected chi connectivity index (χ1v) is 8.93. The summed E-state index contributed by atoms with van der Waals surface area (Å²) in [5, 5.41) is 12.7.